The number of H-pyrrole nitrogens is 1. The van der Waals surface area contributed by atoms with Gasteiger partial charge in [-0.1, -0.05) is 11.6 Å². The number of hydrogen-bond donors (Lipinski definition) is 2. The summed E-state index contributed by atoms with van der Waals surface area (Å²) in [6.45, 7) is 0.191. The van der Waals surface area contributed by atoms with Crippen LogP contribution in [0.2, 0.25) is 5.02 Å². The lowest BCUT2D eigenvalue weighted by Gasteiger charge is -2.08. The van der Waals surface area contributed by atoms with E-state index < -0.39 is 10.0 Å². The quantitative estimate of drug-likeness (QED) is 0.419. The molecule has 3 rings (SSSR count). The number of nitrogens with one attached hydrogen (secondary N) is 2. The Morgan fingerprint density at radius 2 is 1.89 bits per heavy atom. The number of unbranched alkanes of at least 4 members (excludes halogenated alkanes) is 1. The Morgan fingerprint density at radius 3 is 2.61 bits per heavy atom. The predicted molar refractivity (Wildman–Crippen MR) is 110 cm³/mol. The molecule has 4 nitrogen and oxygen atoms in total. The van der Waals surface area contributed by atoms with Gasteiger partial charge in [0.2, 0.25) is 10.0 Å². The van der Waals surface area contributed by atoms with Crippen LogP contribution in [-0.2, 0) is 22.9 Å². The van der Waals surface area contributed by atoms with Crippen LogP contribution in [0.3, 0.4) is 0 Å². The van der Waals surface area contributed by atoms with Crippen LogP contribution in [0.1, 0.15) is 24.1 Å². The highest BCUT2D eigenvalue weighted by Gasteiger charge is 2.16. The molecule has 0 unspecified atom stereocenters. The highest BCUT2D eigenvalue weighted by Crippen LogP contribution is 2.25. The summed E-state index contributed by atoms with van der Waals surface area (Å²) in [7, 11) is -3.64. The first-order valence-electron chi connectivity index (χ1n) is 8.88. The van der Waals surface area contributed by atoms with Crippen LogP contribution in [0, 0.1) is 18.2 Å². The van der Waals surface area contributed by atoms with Crippen molar-refractivity contribution in [1.29, 1.82) is 0 Å². The monoisotopic (exact) mass is 418 g/mol. The van der Waals surface area contributed by atoms with E-state index >= 15 is 0 Å². The molecule has 146 valence electrons. The molecule has 0 aliphatic carbocycles. The average molecular weight is 419 g/mol. The first-order chi connectivity index (χ1) is 13.4. The predicted octanol–water partition coefficient (Wildman–Crippen LogP) is 4.44. The second kappa shape index (κ2) is 8.78. The fourth-order valence-corrected chi connectivity index (χ4v) is 4.31. The lowest BCUT2D eigenvalue weighted by Crippen LogP contribution is -2.26. The molecule has 2 N–H and O–H groups in total. The van der Waals surface area contributed by atoms with Crippen molar-refractivity contribution in [1.82, 2.24) is 9.71 Å². The van der Waals surface area contributed by atoms with Gasteiger partial charge in [-0.2, -0.15) is 0 Å². The van der Waals surface area contributed by atoms with Crippen molar-refractivity contribution in [3.05, 3.63) is 64.6 Å². The van der Waals surface area contributed by atoms with Crippen molar-refractivity contribution in [2.24, 2.45) is 0 Å². The maximum Gasteiger partial charge on any atom is 0.240 e. The molecule has 0 bridgehead atoms. The minimum Gasteiger partial charge on any atom is -0.358 e. The van der Waals surface area contributed by atoms with Gasteiger partial charge in [0.15, 0.2) is 0 Å². The van der Waals surface area contributed by atoms with E-state index in [9.17, 15) is 12.8 Å². The third-order valence-corrected chi connectivity index (χ3v) is 6.22. The molecular formula is C21H20ClFN2O2S. The molecule has 0 atom stereocenters. The van der Waals surface area contributed by atoms with Crippen LogP contribution < -0.4 is 4.72 Å². The van der Waals surface area contributed by atoms with Gasteiger partial charge in [-0.05, 0) is 67.3 Å². The van der Waals surface area contributed by atoms with E-state index in [1.165, 1.54) is 36.4 Å². The highest BCUT2D eigenvalue weighted by molar-refractivity contribution is 7.89. The molecule has 1 aromatic heterocycles. The van der Waals surface area contributed by atoms with Crippen LogP contribution in [0.5, 0.6) is 0 Å². The molecular weight excluding hydrogens is 399 g/mol. The molecule has 2 aromatic carbocycles. The minimum atomic E-state index is -3.64. The summed E-state index contributed by atoms with van der Waals surface area (Å²) < 4.78 is 41.2. The van der Waals surface area contributed by atoms with Crippen LogP contribution >= 0.6 is 11.6 Å². The summed E-state index contributed by atoms with van der Waals surface area (Å²) in [4.78, 5) is 3.46. The standard InChI is InChI=1S/C21H20ClFN2O2S/c1-2-3-4-5-20-18(19-14-16(23)8-11-21(19)25-20)12-13-24-28(26,27)17-9-6-15(22)7-10-17/h1,6-11,14,24-25H,3-5,12-13H2. The lowest BCUT2D eigenvalue weighted by molar-refractivity contribution is 0.581. The lowest BCUT2D eigenvalue weighted by atomic mass is 10.0. The largest absolute Gasteiger partial charge is 0.358 e. The van der Waals surface area contributed by atoms with Gasteiger partial charge in [-0.3, -0.25) is 0 Å². The molecule has 28 heavy (non-hydrogen) atoms. The maximum atomic E-state index is 13.7. The Bertz CT molecular complexity index is 1120. The molecule has 3 aromatic rings. The highest BCUT2D eigenvalue weighted by atomic mass is 35.5. The second-order valence-corrected chi connectivity index (χ2v) is 8.63. The molecule has 0 saturated heterocycles. The minimum absolute atomic E-state index is 0.149. The number of hydrogen-bond acceptors (Lipinski definition) is 2. The Balaban J connectivity index is 1.79. The number of terminal acetylenes is 1. The molecule has 1 heterocycles. The summed E-state index contributed by atoms with van der Waals surface area (Å²) in [5.74, 6) is 2.28. The summed E-state index contributed by atoms with van der Waals surface area (Å²) in [5, 5.41) is 1.23. The van der Waals surface area contributed by atoms with Crippen molar-refractivity contribution >= 4 is 32.5 Å². The molecule has 0 spiro atoms. The molecule has 0 aliphatic heterocycles. The molecule has 0 amide bonds. The molecule has 0 saturated carbocycles. The summed E-state index contributed by atoms with van der Waals surface area (Å²) in [6.07, 6.45) is 7.92. The van der Waals surface area contributed by atoms with Crippen molar-refractivity contribution in [3.8, 4) is 12.3 Å². The number of sulfonamides is 1. The van der Waals surface area contributed by atoms with Gasteiger partial charge in [0, 0.05) is 34.6 Å². The van der Waals surface area contributed by atoms with Gasteiger partial charge in [-0.15, -0.1) is 12.3 Å². The van der Waals surface area contributed by atoms with Crippen molar-refractivity contribution in [2.45, 2.75) is 30.6 Å². The van der Waals surface area contributed by atoms with E-state index in [4.69, 9.17) is 18.0 Å². The van der Waals surface area contributed by atoms with Gasteiger partial charge < -0.3 is 4.98 Å². The van der Waals surface area contributed by atoms with Gasteiger partial charge in [0.25, 0.3) is 0 Å². The molecule has 0 radical (unpaired) electrons. The Morgan fingerprint density at radius 1 is 1.14 bits per heavy atom. The molecule has 7 heteroatoms. The summed E-state index contributed by atoms with van der Waals surface area (Å²) in [6, 6.07) is 10.5. The third-order valence-electron chi connectivity index (χ3n) is 4.50. The fourth-order valence-electron chi connectivity index (χ4n) is 3.15. The van der Waals surface area contributed by atoms with Crippen molar-refractivity contribution < 1.29 is 12.8 Å². The Kier molecular flexibility index (Phi) is 6.40. The van der Waals surface area contributed by atoms with Gasteiger partial charge in [0.05, 0.1) is 4.90 Å². The van der Waals surface area contributed by atoms with Gasteiger partial charge >= 0.3 is 0 Å². The first-order valence-corrected chi connectivity index (χ1v) is 10.7. The zero-order valence-electron chi connectivity index (χ0n) is 15.1. The van der Waals surface area contributed by atoms with E-state index in [-0.39, 0.29) is 17.3 Å². The van der Waals surface area contributed by atoms with E-state index in [1.807, 2.05) is 0 Å². The zero-order valence-corrected chi connectivity index (χ0v) is 16.7. The third kappa shape index (κ3) is 4.74. The van der Waals surface area contributed by atoms with E-state index in [2.05, 4.69) is 15.6 Å². The Hall–Kier alpha value is -2.33. The second-order valence-electron chi connectivity index (χ2n) is 6.43. The Labute approximate surface area is 169 Å². The number of aryl methyl sites for hydroxylation is 1. The number of fused-ring (bicyclic) bond motifs is 1. The van der Waals surface area contributed by atoms with E-state index in [0.717, 1.165) is 35.0 Å². The zero-order chi connectivity index (χ0) is 20.1. The van der Waals surface area contributed by atoms with Gasteiger partial charge in [-0.25, -0.2) is 17.5 Å². The summed E-state index contributed by atoms with van der Waals surface area (Å²) in [5.41, 5.74) is 2.69. The van der Waals surface area contributed by atoms with E-state index in [0.29, 0.717) is 17.9 Å². The van der Waals surface area contributed by atoms with Crippen LogP contribution in [0.25, 0.3) is 10.9 Å². The summed E-state index contributed by atoms with van der Waals surface area (Å²) >= 11 is 5.81. The number of aromatic amines is 1. The van der Waals surface area contributed by atoms with Crippen LogP contribution in [-0.4, -0.2) is 19.9 Å². The van der Waals surface area contributed by atoms with Crippen molar-refractivity contribution in [3.63, 3.8) is 0 Å². The topological polar surface area (TPSA) is 62.0 Å². The van der Waals surface area contributed by atoms with Crippen molar-refractivity contribution in [2.75, 3.05) is 6.54 Å². The first kappa shape index (κ1) is 20.4. The van der Waals surface area contributed by atoms with Gasteiger partial charge in [0.1, 0.15) is 5.82 Å². The number of rotatable bonds is 8. The smallest absolute Gasteiger partial charge is 0.240 e. The van der Waals surface area contributed by atoms with Crippen LogP contribution in [0.4, 0.5) is 4.39 Å². The SMILES string of the molecule is C#CCCCc1[nH]c2ccc(F)cc2c1CCNS(=O)(=O)c1ccc(Cl)cc1. The maximum absolute atomic E-state index is 13.7. The number of benzene rings is 2. The van der Waals surface area contributed by atoms with Crippen LogP contribution in [0.15, 0.2) is 47.4 Å². The molecule has 0 fully saturated rings. The average Bonchev–Trinajstić information content (AvgIpc) is 2.99. The number of halogens is 2. The van der Waals surface area contributed by atoms with E-state index in [1.54, 1.807) is 6.07 Å². The number of aromatic nitrogens is 1. The fraction of sp³-hybridized carbons (Fsp3) is 0.238. The molecule has 0 aliphatic rings. The normalized spacial score (nSPS) is 11.6.